The second kappa shape index (κ2) is 5.86. The van der Waals surface area contributed by atoms with Gasteiger partial charge in [0.1, 0.15) is 5.02 Å². The van der Waals surface area contributed by atoms with Gasteiger partial charge in [0, 0.05) is 19.6 Å². The third-order valence-corrected chi connectivity index (χ3v) is 2.89. The molecule has 1 amide bonds. The molecule has 1 aliphatic heterocycles. The van der Waals surface area contributed by atoms with Crippen LogP contribution < -0.4 is 15.5 Å². The Bertz CT molecular complexity index is 439. The van der Waals surface area contributed by atoms with Gasteiger partial charge in [0.25, 0.3) is 0 Å². The molecule has 7 heteroatoms. The van der Waals surface area contributed by atoms with Crippen molar-refractivity contribution in [3.63, 3.8) is 0 Å². The van der Waals surface area contributed by atoms with Crippen molar-refractivity contribution in [2.24, 2.45) is 0 Å². The first-order valence-electron chi connectivity index (χ1n) is 5.98. The van der Waals surface area contributed by atoms with Crippen LogP contribution in [0.25, 0.3) is 0 Å². The maximum Gasteiger partial charge on any atom is 0.239 e. The largest absolute Gasteiger partial charge is 0.354 e. The van der Waals surface area contributed by atoms with E-state index in [-0.39, 0.29) is 12.5 Å². The predicted molar refractivity (Wildman–Crippen MR) is 71.0 cm³/mol. The highest BCUT2D eigenvalue weighted by Crippen LogP contribution is 2.24. The molecule has 1 saturated heterocycles. The van der Waals surface area contributed by atoms with Gasteiger partial charge in [-0.2, -0.15) is 4.98 Å². The van der Waals surface area contributed by atoms with E-state index in [0.29, 0.717) is 23.3 Å². The van der Waals surface area contributed by atoms with E-state index < -0.39 is 0 Å². The van der Waals surface area contributed by atoms with Gasteiger partial charge in [-0.05, 0) is 13.3 Å². The van der Waals surface area contributed by atoms with Gasteiger partial charge < -0.3 is 15.5 Å². The van der Waals surface area contributed by atoms with Crippen LogP contribution in [0.3, 0.4) is 0 Å². The smallest absolute Gasteiger partial charge is 0.239 e. The van der Waals surface area contributed by atoms with Crippen LogP contribution in [0, 0.1) is 0 Å². The number of rotatable bonds is 3. The van der Waals surface area contributed by atoms with Crippen molar-refractivity contribution in [3.8, 4) is 0 Å². The summed E-state index contributed by atoms with van der Waals surface area (Å²) in [6, 6.07) is 0. The van der Waals surface area contributed by atoms with E-state index in [0.717, 1.165) is 19.5 Å². The van der Waals surface area contributed by atoms with E-state index in [9.17, 15) is 4.79 Å². The number of carbonyl (C=O) groups is 1. The molecule has 18 heavy (non-hydrogen) atoms. The molecule has 0 aromatic carbocycles. The molecule has 98 valence electrons. The lowest BCUT2D eigenvalue weighted by atomic mass is 10.4. The monoisotopic (exact) mass is 269 g/mol. The molecule has 6 nitrogen and oxygen atoms in total. The summed E-state index contributed by atoms with van der Waals surface area (Å²) in [4.78, 5) is 21.9. The van der Waals surface area contributed by atoms with Gasteiger partial charge in [-0.25, -0.2) is 4.98 Å². The quantitative estimate of drug-likeness (QED) is 0.853. The number of aromatic nitrogens is 2. The molecular formula is C11H16ClN5O. The Kier molecular flexibility index (Phi) is 4.19. The highest BCUT2D eigenvalue weighted by Gasteiger charge is 2.19. The van der Waals surface area contributed by atoms with Crippen LogP contribution in [0.5, 0.6) is 0 Å². The number of halogens is 1. The van der Waals surface area contributed by atoms with Crippen molar-refractivity contribution in [1.29, 1.82) is 0 Å². The number of hydrogen-bond donors (Lipinski definition) is 2. The summed E-state index contributed by atoms with van der Waals surface area (Å²) < 4.78 is 0. The van der Waals surface area contributed by atoms with Crippen LogP contribution in [0.4, 0.5) is 11.8 Å². The molecule has 0 unspecified atom stereocenters. The SMILES string of the molecule is CCNc1ncc(Cl)c(N2CCCNC(=O)C2)n1. The molecule has 0 radical (unpaired) electrons. The molecule has 1 fully saturated rings. The van der Waals surface area contributed by atoms with Crippen LogP contribution in [-0.2, 0) is 4.79 Å². The van der Waals surface area contributed by atoms with Crippen LogP contribution in [0.1, 0.15) is 13.3 Å². The lowest BCUT2D eigenvalue weighted by molar-refractivity contribution is -0.119. The topological polar surface area (TPSA) is 70.2 Å². The summed E-state index contributed by atoms with van der Waals surface area (Å²) in [6.45, 7) is 4.43. The van der Waals surface area contributed by atoms with Crippen molar-refractivity contribution < 1.29 is 4.79 Å². The number of hydrogen-bond acceptors (Lipinski definition) is 5. The Hall–Kier alpha value is -1.56. The van der Waals surface area contributed by atoms with Crippen LogP contribution in [-0.4, -0.2) is 42.1 Å². The second-order valence-electron chi connectivity index (χ2n) is 4.02. The van der Waals surface area contributed by atoms with Crippen molar-refractivity contribution >= 4 is 29.3 Å². The van der Waals surface area contributed by atoms with Gasteiger partial charge in [0.2, 0.25) is 11.9 Å². The number of carbonyl (C=O) groups excluding carboxylic acids is 1. The first-order valence-corrected chi connectivity index (χ1v) is 6.36. The zero-order valence-electron chi connectivity index (χ0n) is 10.2. The Morgan fingerprint density at radius 2 is 2.44 bits per heavy atom. The van der Waals surface area contributed by atoms with Gasteiger partial charge in [-0.1, -0.05) is 11.6 Å². The van der Waals surface area contributed by atoms with E-state index in [1.165, 1.54) is 0 Å². The van der Waals surface area contributed by atoms with E-state index >= 15 is 0 Å². The number of nitrogens with one attached hydrogen (secondary N) is 2. The summed E-state index contributed by atoms with van der Waals surface area (Å²) in [5, 5.41) is 6.32. The lowest BCUT2D eigenvalue weighted by Gasteiger charge is -2.21. The summed E-state index contributed by atoms with van der Waals surface area (Å²) in [6.07, 6.45) is 2.44. The minimum absolute atomic E-state index is 0.00724. The van der Waals surface area contributed by atoms with Gasteiger partial charge in [0.05, 0.1) is 12.7 Å². The first-order chi connectivity index (χ1) is 8.70. The molecular weight excluding hydrogens is 254 g/mol. The van der Waals surface area contributed by atoms with Gasteiger partial charge in [-0.15, -0.1) is 0 Å². The average Bonchev–Trinajstić information content (AvgIpc) is 2.57. The second-order valence-corrected chi connectivity index (χ2v) is 4.43. The standard InChI is InChI=1S/C11H16ClN5O/c1-2-13-11-15-6-8(12)10(16-11)17-5-3-4-14-9(18)7-17/h6H,2-5,7H2,1H3,(H,14,18)(H,13,15,16). The third-order valence-electron chi connectivity index (χ3n) is 2.62. The Balaban J connectivity index is 2.24. The number of anilines is 2. The minimum atomic E-state index is -0.00724. The summed E-state index contributed by atoms with van der Waals surface area (Å²) in [5.41, 5.74) is 0. The van der Waals surface area contributed by atoms with Gasteiger partial charge in [0.15, 0.2) is 5.82 Å². The average molecular weight is 270 g/mol. The normalized spacial score (nSPS) is 16.1. The predicted octanol–water partition coefficient (Wildman–Crippen LogP) is 0.888. The molecule has 0 saturated carbocycles. The highest BCUT2D eigenvalue weighted by molar-refractivity contribution is 6.32. The molecule has 2 heterocycles. The summed E-state index contributed by atoms with van der Waals surface area (Å²) >= 11 is 6.10. The minimum Gasteiger partial charge on any atom is -0.354 e. The fourth-order valence-corrected chi connectivity index (χ4v) is 2.02. The molecule has 1 aliphatic rings. The molecule has 0 spiro atoms. The lowest BCUT2D eigenvalue weighted by Crippen LogP contribution is -2.33. The fraction of sp³-hybridized carbons (Fsp3) is 0.545. The Morgan fingerprint density at radius 3 is 3.22 bits per heavy atom. The van der Waals surface area contributed by atoms with E-state index in [1.807, 2.05) is 11.8 Å². The summed E-state index contributed by atoms with van der Waals surface area (Å²) in [5.74, 6) is 1.13. The van der Waals surface area contributed by atoms with Crippen molar-refractivity contribution in [2.45, 2.75) is 13.3 Å². The van der Waals surface area contributed by atoms with Crippen molar-refractivity contribution in [1.82, 2.24) is 15.3 Å². The molecule has 0 bridgehead atoms. The van der Waals surface area contributed by atoms with Crippen molar-refractivity contribution in [3.05, 3.63) is 11.2 Å². The first kappa shape index (κ1) is 12.9. The van der Waals surface area contributed by atoms with E-state index in [2.05, 4.69) is 20.6 Å². The Morgan fingerprint density at radius 1 is 1.61 bits per heavy atom. The molecule has 2 N–H and O–H groups in total. The summed E-state index contributed by atoms with van der Waals surface area (Å²) in [7, 11) is 0. The maximum atomic E-state index is 11.5. The molecule has 0 atom stereocenters. The maximum absolute atomic E-state index is 11.5. The number of nitrogens with zero attached hydrogens (tertiary/aromatic N) is 3. The fourth-order valence-electron chi connectivity index (χ4n) is 1.81. The van der Waals surface area contributed by atoms with Crippen molar-refractivity contribution in [2.75, 3.05) is 36.4 Å². The van der Waals surface area contributed by atoms with Crippen LogP contribution in [0.2, 0.25) is 5.02 Å². The van der Waals surface area contributed by atoms with Crippen LogP contribution in [0.15, 0.2) is 6.20 Å². The molecule has 0 aliphatic carbocycles. The Labute approximate surface area is 111 Å². The van der Waals surface area contributed by atoms with Gasteiger partial charge in [-0.3, -0.25) is 4.79 Å². The van der Waals surface area contributed by atoms with Gasteiger partial charge >= 0.3 is 0 Å². The highest BCUT2D eigenvalue weighted by atomic mass is 35.5. The zero-order valence-corrected chi connectivity index (χ0v) is 11.0. The number of amides is 1. The zero-order chi connectivity index (χ0) is 13.0. The molecule has 1 aromatic rings. The van der Waals surface area contributed by atoms with E-state index in [4.69, 9.17) is 11.6 Å². The van der Waals surface area contributed by atoms with Crippen LogP contribution >= 0.6 is 11.6 Å². The molecule has 2 rings (SSSR count). The molecule has 1 aromatic heterocycles. The third kappa shape index (κ3) is 3.01. The van der Waals surface area contributed by atoms with E-state index in [1.54, 1.807) is 6.20 Å².